The average Bonchev–Trinajstić information content (AvgIpc) is 2.23. The van der Waals surface area contributed by atoms with Crippen molar-refractivity contribution in [1.82, 2.24) is 0 Å². The van der Waals surface area contributed by atoms with E-state index in [9.17, 15) is 4.79 Å². The molecule has 0 unspecified atom stereocenters. The fourth-order valence-electron chi connectivity index (χ4n) is 1.15. The molecule has 0 saturated carbocycles. The maximum Gasteiger partial charge on any atom is 0.120 e. The number of hydrogen-bond acceptors (Lipinski definition) is 1. The second kappa shape index (κ2) is 6.65. The topological polar surface area (TPSA) is 17.1 Å². The molecule has 1 nitrogen and oxygen atoms in total. The summed E-state index contributed by atoms with van der Waals surface area (Å²) in [4.78, 5) is 10.1. The zero-order chi connectivity index (χ0) is 11.1. The van der Waals surface area contributed by atoms with Gasteiger partial charge in [0.2, 0.25) is 0 Å². The van der Waals surface area contributed by atoms with Gasteiger partial charge in [0.15, 0.2) is 0 Å². The zero-order valence-electron chi connectivity index (χ0n) is 8.25. The van der Waals surface area contributed by atoms with E-state index >= 15 is 0 Å². The van der Waals surface area contributed by atoms with E-state index in [1.807, 2.05) is 24.3 Å². The van der Waals surface area contributed by atoms with Gasteiger partial charge in [-0.2, -0.15) is 0 Å². The van der Waals surface area contributed by atoms with Gasteiger partial charge in [-0.1, -0.05) is 41.4 Å². The standard InChI is InChI=1S/C12H12Cl2O/c13-11-7-6-10(9-12(11)14)5-3-1-2-4-8-15/h3,5-9H,1-2,4H2/b5-3+. The van der Waals surface area contributed by atoms with Crippen molar-refractivity contribution >= 4 is 35.6 Å². The predicted octanol–water partition coefficient (Wildman–Crippen LogP) is 4.38. The number of rotatable bonds is 5. The minimum absolute atomic E-state index is 0.562. The van der Waals surface area contributed by atoms with Crippen LogP contribution in [0.15, 0.2) is 24.3 Å². The van der Waals surface area contributed by atoms with Crippen LogP contribution in [-0.4, -0.2) is 6.29 Å². The molecule has 0 radical (unpaired) electrons. The van der Waals surface area contributed by atoms with Gasteiger partial charge in [-0.05, 0) is 30.5 Å². The van der Waals surface area contributed by atoms with Gasteiger partial charge in [0.05, 0.1) is 10.0 Å². The lowest BCUT2D eigenvalue weighted by atomic mass is 10.2. The van der Waals surface area contributed by atoms with Crippen molar-refractivity contribution in [1.29, 1.82) is 0 Å². The lowest BCUT2D eigenvalue weighted by Gasteiger charge is -1.97. The summed E-state index contributed by atoms with van der Waals surface area (Å²) in [6.45, 7) is 0. The van der Waals surface area contributed by atoms with E-state index in [-0.39, 0.29) is 0 Å². The third kappa shape index (κ3) is 4.50. The van der Waals surface area contributed by atoms with Crippen LogP contribution in [-0.2, 0) is 4.79 Å². The van der Waals surface area contributed by atoms with Crippen molar-refractivity contribution in [3.8, 4) is 0 Å². The van der Waals surface area contributed by atoms with Crippen LogP contribution in [0.2, 0.25) is 10.0 Å². The van der Waals surface area contributed by atoms with Gasteiger partial charge in [-0.3, -0.25) is 0 Å². The molecule has 0 aliphatic rings. The number of hydrogen-bond donors (Lipinski definition) is 0. The molecule has 15 heavy (non-hydrogen) atoms. The van der Waals surface area contributed by atoms with Crippen LogP contribution in [0, 0.1) is 0 Å². The highest BCUT2D eigenvalue weighted by Crippen LogP contribution is 2.23. The fourth-order valence-corrected chi connectivity index (χ4v) is 1.46. The van der Waals surface area contributed by atoms with Crippen LogP contribution in [0.4, 0.5) is 0 Å². The first-order valence-electron chi connectivity index (χ1n) is 4.79. The van der Waals surface area contributed by atoms with Crippen LogP contribution >= 0.6 is 23.2 Å². The SMILES string of the molecule is O=CCCC/C=C/c1ccc(Cl)c(Cl)c1. The number of allylic oxidation sites excluding steroid dienone is 1. The molecule has 0 saturated heterocycles. The number of halogens is 2. The summed E-state index contributed by atoms with van der Waals surface area (Å²) in [5.41, 5.74) is 1.02. The summed E-state index contributed by atoms with van der Waals surface area (Å²) in [7, 11) is 0. The number of carbonyl (C=O) groups is 1. The van der Waals surface area contributed by atoms with Gasteiger partial charge in [0.1, 0.15) is 6.29 Å². The summed E-state index contributed by atoms with van der Waals surface area (Å²) in [6.07, 6.45) is 7.36. The van der Waals surface area contributed by atoms with Gasteiger partial charge in [0, 0.05) is 6.42 Å². The summed E-state index contributed by atoms with van der Waals surface area (Å²) in [6, 6.07) is 5.50. The van der Waals surface area contributed by atoms with E-state index in [1.54, 1.807) is 6.07 Å². The molecule has 0 atom stereocenters. The van der Waals surface area contributed by atoms with E-state index in [4.69, 9.17) is 23.2 Å². The Balaban J connectivity index is 2.49. The second-order valence-corrected chi connectivity index (χ2v) is 3.99. The number of benzene rings is 1. The molecule has 1 aromatic carbocycles. The highest BCUT2D eigenvalue weighted by atomic mass is 35.5. The van der Waals surface area contributed by atoms with Crippen molar-refractivity contribution in [3.05, 3.63) is 39.9 Å². The Bertz CT molecular complexity index is 359. The normalized spacial score (nSPS) is 10.8. The molecule has 0 amide bonds. The molecule has 1 aromatic rings. The minimum Gasteiger partial charge on any atom is -0.303 e. The molecule has 0 spiro atoms. The van der Waals surface area contributed by atoms with Gasteiger partial charge in [-0.15, -0.1) is 0 Å². The van der Waals surface area contributed by atoms with Crippen LogP contribution in [0.1, 0.15) is 24.8 Å². The molecule has 0 N–H and O–H groups in total. The van der Waals surface area contributed by atoms with E-state index < -0.39 is 0 Å². The van der Waals surface area contributed by atoms with Crippen molar-refractivity contribution in [2.24, 2.45) is 0 Å². The fraction of sp³-hybridized carbons (Fsp3) is 0.250. The molecule has 0 heterocycles. The minimum atomic E-state index is 0.562. The zero-order valence-corrected chi connectivity index (χ0v) is 9.76. The molecular formula is C12H12Cl2O. The lowest BCUT2D eigenvalue weighted by molar-refractivity contribution is -0.107. The summed E-state index contributed by atoms with van der Waals surface area (Å²) >= 11 is 11.7. The smallest absolute Gasteiger partial charge is 0.120 e. The van der Waals surface area contributed by atoms with Crippen molar-refractivity contribution in [2.45, 2.75) is 19.3 Å². The third-order valence-corrected chi connectivity index (χ3v) is 2.69. The highest BCUT2D eigenvalue weighted by Gasteiger charge is 1.96. The predicted molar refractivity (Wildman–Crippen MR) is 65.4 cm³/mol. The molecule has 80 valence electrons. The third-order valence-electron chi connectivity index (χ3n) is 1.95. The Morgan fingerprint density at radius 3 is 2.60 bits per heavy atom. The number of unbranched alkanes of at least 4 members (excludes halogenated alkanes) is 2. The first-order valence-corrected chi connectivity index (χ1v) is 5.55. The maximum absolute atomic E-state index is 10.1. The van der Waals surface area contributed by atoms with Gasteiger partial charge < -0.3 is 4.79 Å². The van der Waals surface area contributed by atoms with Crippen molar-refractivity contribution < 1.29 is 4.79 Å². The highest BCUT2D eigenvalue weighted by molar-refractivity contribution is 6.42. The van der Waals surface area contributed by atoms with Crippen LogP contribution in [0.5, 0.6) is 0 Å². The molecule has 0 aromatic heterocycles. The molecule has 0 fully saturated rings. The van der Waals surface area contributed by atoms with Crippen LogP contribution in [0.3, 0.4) is 0 Å². The Morgan fingerprint density at radius 2 is 1.93 bits per heavy atom. The first-order chi connectivity index (χ1) is 7.24. The van der Waals surface area contributed by atoms with Crippen LogP contribution in [0.25, 0.3) is 6.08 Å². The van der Waals surface area contributed by atoms with Crippen molar-refractivity contribution in [2.75, 3.05) is 0 Å². The molecular weight excluding hydrogens is 231 g/mol. The molecule has 0 aliphatic heterocycles. The molecule has 1 rings (SSSR count). The number of carbonyl (C=O) groups excluding carboxylic acids is 1. The largest absolute Gasteiger partial charge is 0.303 e. The first kappa shape index (κ1) is 12.3. The van der Waals surface area contributed by atoms with E-state index in [0.717, 1.165) is 24.7 Å². The Morgan fingerprint density at radius 1 is 1.13 bits per heavy atom. The maximum atomic E-state index is 10.1. The van der Waals surface area contributed by atoms with Gasteiger partial charge in [-0.25, -0.2) is 0 Å². The second-order valence-electron chi connectivity index (χ2n) is 3.17. The summed E-state index contributed by atoms with van der Waals surface area (Å²) < 4.78 is 0. The van der Waals surface area contributed by atoms with Crippen molar-refractivity contribution in [3.63, 3.8) is 0 Å². The van der Waals surface area contributed by atoms with Gasteiger partial charge in [0.25, 0.3) is 0 Å². The monoisotopic (exact) mass is 242 g/mol. The lowest BCUT2D eigenvalue weighted by Crippen LogP contribution is -1.76. The van der Waals surface area contributed by atoms with E-state index in [2.05, 4.69) is 0 Å². The molecule has 3 heteroatoms. The van der Waals surface area contributed by atoms with E-state index in [0.29, 0.717) is 16.5 Å². The Kier molecular flexibility index (Phi) is 5.44. The van der Waals surface area contributed by atoms with Crippen LogP contribution < -0.4 is 0 Å². The molecule has 0 aliphatic carbocycles. The average molecular weight is 243 g/mol. The summed E-state index contributed by atoms with van der Waals surface area (Å²) in [5, 5.41) is 1.13. The Labute approximate surface area is 99.7 Å². The number of aldehydes is 1. The summed E-state index contributed by atoms with van der Waals surface area (Å²) in [5.74, 6) is 0. The quantitative estimate of drug-likeness (QED) is 0.554. The molecule has 0 bridgehead atoms. The Hall–Kier alpha value is -0.790. The van der Waals surface area contributed by atoms with Gasteiger partial charge >= 0.3 is 0 Å². The van der Waals surface area contributed by atoms with E-state index in [1.165, 1.54) is 0 Å².